The fourth-order valence-electron chi connectivity index (χ4n) is 4.16. The highest BCUT2D eigenvalue weighted by Gasteiger charge is 2.28. The van der Waals surface area contributed by atoms with Crippen molar-refractivity contribution in [3.8, 4) is 17.5 Å². The lowest BCUT2D eigenvalue weighted by Crippen LogP contribution is -2.26. The van der Waals surface area contributed by atoms with Crippen molar-refractivity contribution in [1.29, 1.82) is 5.26 Å². The number of thioether (sulfide) groups is 1. The molecule has 4 aromatic rings. The maximum atomic E-state index is 13.3. The molecule has 4 rings (SSSR count). The normalized spacial score (nSPS) is 11.3. The van der Waals surface area contributed by atoms with E-state index in [4.69, 9.17) is 4.98 Å². The molecule has 1 aromatic heterocycles. The number of carboxylic acids is 1. The molecule has 0 aliphatic heterocycles. The molecule has 2 N–H and O–H groups in total. The van der Waals surface area contributed by atoms with Gasteiger partial charge in [0.15, 0.2) is 0 Å². The van der Waals surface area contributed by atoms with Gasteiger partial charge in [-0.05, 0) is 44.5 Å². The van der Waals surface area contributed by atoms with Crippen molar-refractivity contribution < 1.29 is 14.7 Å². The van der Waals surface area contributed by atoms with Crippen LogP contribution in [-0.4, -0.2) is 31.3 Å². The quantitative estimate of drug-likeness (QED) is 0.171. The summed E-state index contributed by atoms with van der Waals surface area (Å²) in [6.45, 7) is 6.23. The summed E-state index contributed by atoms with van der Waals surface area (Å²) in [6, 6.07) is 20.7. The zero-order valence-corrected chi connectivity index (χ0v) is 22.5. The first-order valence-corrected chi connectivity index (χ1v) is 13.4. The molecule has 0 unspecified atom stereocenters. The van der Waals surface area contributed by atoms with Gasteiger partial charge in [-0.1, -0.05) is 56.2 Å². The molecule has 0 radical (unpaired) electrons. The van der Waals surface area contributed by atoms with Gasteiger partial charge in [-0.15, -0.1) is 11.8 Å². The lowest BCUT2D eigenvalue weighted by Gasteiger charge is -2.18. The molecule has 1 heterocycles. The van der Waals surface area contributed by atoms with E-state index in [0.29, 0.717) is 22.8 Å². The van der Waals surface area contributed by atoms with Gasteiger partial charge in [0.2, 0.25) is 0 Å². The van der Waals surface area contributed by atoms with Gasteiger partial charge in [-0.3, -0.25) is 9.59 Å². The third-order valence-corrected chi connectivity index (χ3v) is 7.50. The van der Waals surface area contributed by atoms with Crippen molar-refractivity contribution in [2.45, 2.75) is 56.2 Å². The van der Waals surface area contributed by atoms with Gasteiger partial charge in [0.05, 0.1) is 11.6 Å². The first-order chi connectivity index (χ1) is 18.2. The van der Waals surface area contributed by atoms with Crippen molar-refractivity contribution in [3.63, 3.8) is 0 Å². The van der Waals surface area contributed by atoms with E-state index in [-0.39, 0.29) is 5.91 Å². The average Bonchev–Trinajstić information content (AvgIpc) is 3.33. The summed E-state index contributed by atoms with van der Waals surface area (Å²) < 4.78 is 1.06. The van der Waals surface area contributed by atoms with Crippen molar-refractivity contribution in [3.05, 3.63) is 78.1 Å². The number of carbonyl (C=O) groups excluding carboxylic acids is 1. The van der Waals surface area contributed by atoms with E-state index in [0.717, 1.165) is 47.0 Å². The van der Waals surface area contributed by atoms with Crippen molar-refractivity contribution in [2.24, 2.45) is 0 Å². The number of amides is 1. The molecule has 8 heteroatoms. The molecule has 0 spiro atoms. The van der Waals surface area contributed by atoms with Gasteiger partial charge in [-0.25, -0.2) is 4.98 Å². The number of nitriles is 1. The minimum atomic E-state index is -0.943. The van der Waals surface area contributed by atoms with E-state index < -0.39 is 10.7 Å². The van der Waals surface area contributed by atoms with Crippen LogP contribution in [0.15, 0.2) is 71.8 Å². The lowest BCUT2D eigenvalue weighted by atomic mass is 10.0. The fourth-order valence-corrected chi connectivity index (χ4v) is 5.11. The summed E-state index contributed by atoms with van der Waals surface area (Å²) in [5, 5.41) is 23.4. The molecule has 3 aromatic carbocycles. The second kappa shape index (κ2) is 11.5. The van der Waals surface area contributed by atoms with Crippen LogP contribution in [-0.2, 0) is 11.3 Å². The summed E-state index contributed by atoms with van der Waals surface area (Å²) in [4.78, 5) is 30.3. The van der Waals surface area contributed by atoms with Gasteiger partial charge in [-0.2, -0.15) is 5.26 Å². The highest BCUT2D eigenvalue weighted by Crippen LogP contribution is 2.34. The Balaban J connectivity index is 1.63. The summed E-state index contributed by atoms with van der Waals surface area (Å²) in [5.41, 5.74) is 2.32. The Kier molecular flexibility index (Phi) is 8.18. The Morgan fingerprint density at radius 2 is 1.76 bits per heavy atom. The maximum Gasteiger partial charge on any atom is 0.319 e. The number of carboxylic acid groups (broad SMARTS) is 1. The minimum absolute atomic E-state index is 0.301. The topological polar surface area (TPSA) is 108 Å². The molecular formula is C30H30N4O3S. The number of aryl methyl sites for hydroxylation is 1. The first kappa shape index (κ1) is 27.0. The zero-order valence-electron chi connectivity index (χ0n) is 21.7. The number of aromatic nitrogens is 2. The molecule has 38 heavy (non-hydrogen) atoms. The number of fused-ring (bicyclic) bond motifs is 1. The number of unbranched alkanes of at least 4 members (excludes halogenated alkanes) is 2. The van der Waals surface area contributed by atoms with Crippen LogP contribution >= 0.6 is 11.8 Å². The molecule has 0 atom stereocenters. The number of nitrogens with one attached hydrogen (secondary N) is 1. The Bertz CT molecular complexity index is 1520. The van der Waals surface area contributed by atoms with Crippen molar-refractivity contribution in [1.82, 2.24) is 9.55 Å². The third kappa shape index (κ3) is 5.90. The first-order valence-electron chi connectivity index (χ1n) is 12.6. The van der Waals surface area contributed by atoms with Gasteiger partial charge in [0.1, 0.15) is 16.3 Å². The number of hydrogen-bond acceptors (Lipinski definition) is 5. The van der Waals surface area contributed by atoms with Gasteiger partial charge in [0, 0.05) is 39.7 Å². The van der Waals surface area contributed by atoms with Crippen LogP contribution in [0.5, 0.6) is 0 Å². The Hall–Kier alpha value is -4.09. The summed E-state index contributed by atoms with van der Waals surface area (Å²) in [7, 11) is 0. The Labute approximate surface area is 226 Å². The molecule has 0 saturated heterocycles. The van der Waals surface area contributed by atoms with Crippen molar-refractivity contribution in [2.75, 3.05) is 5.32 Å². The molecule has 7 nitrogen and oxygen atoms in total. The lowest BCUT2D eigenvalue weighted by molar-refractivity contribution is -0.138. The summed E-state index contributed by atoms with van der Waals surface area (Å²) in [5.74, 6) is -0.514. The molecule has 0 aliphatic rings. The molecule has 0 fully saturated rings. The largest absolute Gasteiger partial charge is 0.480 e. The summed E-state index contributed by atoms with van der Waals surface area (Å²) >= 11 is 1.28. The van der Waals surface area contributed by atoms with Crippen LogP contribution in [0.4, 0.5) is 5.69 Å². The number of imidazole rings is 1. The van der Waals surface area contributed by atoms with E-state index in [1.165, 1.54) is 11.8 Å². The fraction of sp³-hybridized carbons (Fsp3) is 0.267. The molecule has 194 valence electrons. The van der Waals surface area contributed by atoms with E-state index >= 15 is 0 Å². The number of hydrogen-bond donors (Lipinski definition) is 2. The van der Waals surface area contributed by atoms with Crippen molar-refractivity contribution >= 4 is 40.1 Å². The molecule has 0 aliphatic carbocycles. The van der Waals surface area contributed by atoms with E-state index in [9.17, 15) is 20.0 Å². The smallest absolute Gasteiger partial charge is 0.319 e. The van der Waals surface area contributed by atoms with Crippen LogP contribution in [0.25, 0.3) is 22.2 Å². The van der Waals surface area contributed by atoms with Crippen LogP contribution in [0, 0.1) is 11.3 Å². The number of aliphatic carboxylic acids is 1. The highest BCUT2D eigenvalue weighted by molar-refractivity contribution is 8.01. The van der Waals surface area contributed by atoms with Crippen LogP contribution < -0.4 is 5.32 Å². The molecular weight excluding hydrogens is 496 g/mol. The monoisotopic (exact) mass is 526 g/mol. The zero-order chi connectivity index (χ0) is 27.3. The Morgan fingerprint density at radius 3 is 2.42 bits per heavy atom. The van der Waals surface area contributed by atoms with E-state index in [1.807, 2.05) is 53.1 Å². The number of benzene rings is 3. The predicted octanol–water partition coefficient (Wildman–Crippen LogP) is 6.97. The Morgan fingerprint density at radius 1 is 1.05 bits per heavy atom. The molecule has 1 amide bonds. The van der Waals surface area contributed by atoms with Crippen LogP contribution in [0.1, 0.15) is 56.1 Å². The number of anilines is 1. The number of nitrogens with zero attached hydrogens (tertiary/aromatic N) is 3. The average molecular weight is 527 g/mol. The number of rotatable bonds is 10. The molecule has 0 bridgehead atoms. The second-order valence-electron chi connectivity index (χ2n) is 9.56. The third-order valence-electron chi connectivity index (χ3n) is 6.31. The highest BCUT2D eigenvalue weighted by atomic mass is 32.2. The van der Waals surface area contributed by atoms with E-state index in [1.54, 1.807) is 32.2 Å². The van der Waals surface area contributed by atoms with Gasteiger partial charge >= 0.3 is 5.97 Å². The maximum absolute atomic E-state index is 13.3. The van der Waals surface area contributed by atoms with Gasteiger partial charge < -0.3 is 15.0 Å². The second-order valence-corrected chi connectivity index (χ2v) is 11.3. The minimum Gasteiger partial charge on any atom is -0.480 e. The predicted molar refractivity (Wildman–Crippen MR) is 151 cm³/mol. The van der Waals surface area contributed by atoms with Gasteiger partial charge in [0.25, 0.3) is 5.91 Å². The SMILES string of the molecule is CCCCCn1cc(C(=O)Nc2ccc(C#N)c3ccccc23)nc1-c1ccc(SC(C)(C)C(=O)O)cc1. The van der Waals surface area contributed by atoms with Crippen LogP contribution in [0.2, 0.25) is 0 Å². The van der Waals surface area contributed by atoms with Crippen LogP contribution in [0.3, 0.4) is 0 Å². The molecule has 0 saturated carbocycles. The number of carbonyl (C=O) groups is 2. The van der Waals surface area contributed by atoms with E-state index in [2.05, 4.69) is 18.3 Å². The standard InChI is InChI=1S/C30H30N4O3S/c1-4-5-8-17-34-19-26(28(35)33-25-16-13-21(18-31)23-9-6-7-10-24(23)25)32-27(34)20-11-14-22(15-12-20)38-30(2,3)29(36)37/h6-7,9-16,19H,4-5,8,17H2,1-3H3,(H,33,35)(H,36,37). The summed E-state index contributed by atoms with van der Waals surface area (Å²) in [6.07, 6.45) is 4.88.